The van der Waals surface area contributed by atoms with Gasteiger partial charge in [-0.1, -0.05) is 18.6 Å². The molecule has 0 N–H and O–H groups in total. The Morgan fingerprint density at radius 3 is 2.69 bits per heavy atom. The van der Waals surface area contributed by atoms with Crippen LogP contribution >= 0.6 is 12.0 Å². The summed E-state index contributed by atoms with van der Waals surface area (Å²) in [6.45, 7) is 4.36. The first-order valence-corrected chi connectivity index (χ1v) is 6.67. The molecule has 1 aromatic rings. The summed E-state index contributed by atoms with van der Waals surface area (Å²) in [5.74, 6) is 0. The van der Waals surface area contributed by atoms with Gasteiger partial charge in [0.15, 0.2) is 0 Å². The highest BCUT2D eigenvalue weighted by Gasteiger charge is 2.09. The molecule has 0 spiro atoms. The van der Waals surface area contributed by atoms with Crippen LogP contribution in [-0.2, 0) is 4.18 Å². The molecular weight excluding hydrogens is 218 g/mol. The Balaban J connectivity index is 1.58. The Morgan fingerprint density at radius 2 is 1.94 bits per heavy atom. The summed E-state index contributed by atoms with van der Waals surface area (Å²) in [6, 6.07) is 10.9. The molecule has 87 valence electrons. The summed E-state index contributed by atoms with van der Waals surface area (Å²) >= 11 is 1.46. The Labute approximate surface area is 102 Å². The van der Waals surface area contributed by atoms with E-state index in [0.29, 0.717) is 0 Å². The predicted molar refractivity (Wildman–Crippen MR) is 67.4 cm³/mol. The van der Waals surface area contributed by atoms with Crippen LogP contribution in [0.15, 0.2) is 29.2 Å². The molecule has 16 heavy (non-hydrogen) atoms. The van der Waals surface area contributed by atoms with Gasteiger partial charge in [-0.2, -0.15) is 0 Å². The molecule has 0 amide bonds. The molecule has 0 aliphatic carbocycles. The minimum Gasteiger partial charge on any atom is -0.309 e. The molecule has 0 unspecified atom stereocenters. The number of likely N-dealkylation sites (tertiary alicyclic amines) is 1. The monoisotopic (exact) mass is 236 g/mol. The van der Waals surface area contributed by atoms with Crippen LogP contribution in [0.5, 0.6) is 0 Å². The molecule has 1 fully saturated rings. The van der Waals surface area contributed by atoms with Gasteiger partial charge in [-0.15, -0.1) is 0 Å². The first-order chi connectivity index (χ1) is 7.95. The summed E-state index contributed by atoms with van der Waals surface area (Å²) in [7, 11) is 0. The van der Waals surface area contributed by atoms with Gasteiger partial charge < -0.3 is 9.08 Å². The number of hydrogen-bond donors (Lipinski definition) is 0. The predicted octanol–water partition coefficient (Wildman–Crippen LogP) is 3.00. The molecule has 1 aromatic carbocycles. The standard InChI is InChI=1S/C13H18NOS/c1-3-7-13(8-4-1)16-15-12-11-14-9-5-2-6-10-14/h3-4,7-8H,2,5-6,9-12H2. The van der Waals surface area contributed by atoms with E-state index in [2.05, 4.69) is 11.0 Å². The zero-order valence-electron chi connectivity index (χ0n) is 9.52. The van der Waals surface area contributed by atoms with E-state index in [1.54, 1.807) is 0 Å². The van der Waals surface area contributed by atoms with Crippen LogP contribution in [0.1, 0.15) is 19.3 Å². The molecule has 0 saturated carbocycles. The molecule has 2 rings (SSSR count). The van der Waals surface area contributed by atoms with Gasteiger partial charge in [-0.25, -0.2) is 0 Å². The van der Waals surface area contributed by atoms with Crippen molar-refractivity contribution in [3.8, 4) is 0 Å². The molecule has 3 heteroatoms. The first kappa shape index (κ1) is 12.0. The largest absolute Gasteiger partial charge is 0.309 e. The second-order valence-electron chi connectivity index (χ2n) is 4.04. The lowest BCUT2D eigenvalue weighted by Crippen LogP contribution is -2.32. The SMILES string of the molecule is [c]1ccc(SOCCN2CCCCC2)cc1. The van der Waals surface area contributed by atoms with Crippen LogP contribution in [0.3, 0.4) is 0 Å². The van der Waals surface area contributed by atoms with Gasteiger partial charge in [-0.3, -0.25) is 0 Å². The lowest BCUT2D eigenvalue weighted by molar-refractivity contribution is 0.194. The maximum Gasteiger partial charge on any atom is 0.0745 e. The number of nitrogens with zero attached hydrogens (tertiary/aromatic N) is 1. The van der Waals surface area contributed by atoms with Crippen molar-refractivity contribution >= 4 is 12.0 Å². The second kappa shape index (κ2) is 6.94. The van der Waals surface area contributed by atoms with Crippen molar-refractivity contribution in [2.75, 3.05) is 26.2 Å². The molecule has 1 heterocycles. The highest BCUT2D eigenvalue weighted by molar-refractivity contribution is 7.94. The van der Waals surface area contributed by atoms with Crippen LogP contribution in [0.2, 0.25) is 0 Å². The third-order valence-electron chi connectivity index (χ3n) is 2.78. The molecule has 1 aliphatic heterocycles. The first-order valence-electron chi connectivity index (χ1n) is 5.93. The van der Waals surface area contributed by atoms with Gasteiger partial charge in [0.2, 0.25) is 0 Å². The van der Waals surface area contributed by atoms with Crippen molar-refractivity contribution < 1.29 is 4.18 Å². The number of rotatable bonds is 5. The maximum atomic E-state index is 5.58. The third kappa shape index (κ3) is 4.16. The van der Waals surface area contributed by atoms with E-state index in [1.165, 1.54) is 44.4 Å². The lowest BCUT2D eigenvalue weighted by Gasteiger charge is -2.25. The minimum atomic E-state index is 0.809. The van der Waals surface area contributed by atoms with Crippen molar-refractivity contribution in [1.29, 1.82) is 0 Å². The summed E-state index contributed by atoms with van der Waals surface area (Å²) < 4.78 is 5.58. The third-order valence-corrected chi connectivity index (χ3v) is 3.53. The molecule has 1 aliphatic rings. The van der Waals surface area contributed by atoms with Gasteiger partial charge in [0.05, 0.1) is 6.61 Å². The Bertz CT molecular complexity index is 285. The summed E-state index contributed by atoms with van der Waals surface area (Å²) in [5, 5.41) is 0. The highest BCUT2D eigenvalue weighted by Crippen LogP contribution is 2.18. The fraction of sp³-hybridized carbons (Fsp3) is 0.538. The quantitative estimate of drug-likeness (QED) is 0.576. The molecule has 0 atom stereocenters. The maximum absolute atomic E-state index is 5.58. The summed E-state index contributed by atoms with van der Waals surface area (Å²) in [5.41, 5.74) is 0. The van der Waals surface area contributed by atoms with Crippen molar-refractivity contribution in [2.45, 2.75) is 24.2 Å². The van der Waals surface area contributed by atoms with Crippen LogP contribution in [-0.4, -0.2) is 31.1 Å². The van der Waals surface area contributed by atoms with Crippen LogP contribution in [0.25, 0.3) is 0 Å². The molecular formula is C13H18NOS. The molecule has 0 aromatic heterocycles. The molecule has 1 radical (unpaired) electrons. The van der Waals surface area contributed by atoms with Gasteiger partial charge in [0.1, 0.15) is 0 Å². The smallest absolute Gasteiger partial charge is 0.0745 e. The highest BCUT2D eigenvalue weighted by atomic mass is 32.2. The van der Waals surface area contributed by atoms with Crippen LogP contribution < -0.4 is 0 Å². The zero-order valence-corrected chi connectivity index (χ0v) is 10.3. The summed E-state index contributed by atoms with van der Waals surface area (Å²) in [4.78, 5) is 3.64. The van der Waals surface area contributed by atoms with Gasteiger partial charge in [0.25, 0.3) is 0 Å². The second-order valence-corrected chi connectivity index (χ2v) is 4.92. The molecule has 2 nitrogen and oxygen atoms in total. The molecule has 0 bridgehead atoms. The van der Waals surface area contributed by atoms with Gasteiger partial charge in [-0.05, 0) is 44.1 Å². The van der Waals surface area contributed by atoms with Crippen molar-refractivity contribution in [3.63, 3.8) is 0 Å². The average Bonchev–Trinajstić information content (AvgIpc) is 2.37. The summed E-state index contributed by atoms with van der Waals surface area (Å²) in [6.07, 6.45) is 4.09. The van der Waals surface area contributed by atoms with Crippen LogP contribution in [0.4, 0.5) is 0 Å². The molecule has 1 saturated heterocycles. The fourth-order valence-corrected chi connectivity index (χ4v) is 2.43. The topological polar surface area (TPSA) is 12.5 Å². The van der Waals surface area contributed by atoms with Gasteiger partial charge >= 0.3 is 0 Å². The van der Waals surface area contributed by atoms with E-state index >= 15 is 0 Å². The Hall–Kier alpha value is -0.510. The lowest BCUT2D eigenvalue weighted by atomic mass is 10.1. The average molecular weight is 236 g/mol. The van der Waals surface area contributed by atoms with E-state index in [9.17, 15) is 0 Å². The van der Waals surface area contributed by atoms with Crippen LogP contribution in [0, 0.1) is 6.07 Å². The number of piperidine rings is 1. The van der Waals surface area contributed by atoms with Gasteiger partial charge in [0, 0.05) is 23.5 Å². The van der Waals surface area contributed by atoms with E-state index in [0.717, 1.165) is 18.0 Å². The van der Waals surface area contributed by atoms with Crippen molar-refractivity contribution in [2.24, 2.45) is 0 Å². The fourth-order valence-electron chi connectivity index (χ4n) is 1.89. The van der Waals surface area contributed by atoms with Crippen molar-refractivity contribution in [1.82, 2.24) is 4.90 Å². The zero-order chi connectivity index (χ0) is 11.1. The van der Waals surface area contributed by atoms with Crippen molar-refractivity contribution in [3.05, 3.63) is 30.3 Å². The van der Waals surface area contributed by atoms with E-state index in [4.69, 9.17) is 4.18 Å². The Kier molecular flexibility index (Phi) is 5.19. The van der Waals surface area contributed by atoms with E-state index in [1.807, 2.05) is 24.3 Å². The minimum absolute atomic E-state index is 0.809. The van der Waals surface area contributed by atoms with E-state index < -0.39 is 0 Å². The number of hydrogen-bond acceptors (Lipinski definition) is 3. The number of benzene rings is 1. The Morgan fingerprint density at radius 1 is 1.19 bits per heavy atom. The van der Waals surface area contributed by atoms with E-state index in [-0.39, 0.29) is 0 Å². The normalized spacial score (nSPS) is 17.5.